The van der Waals surface area contributed by atoms with Gasteiger partial charge in [-0.05, 0) is 75.4 Å². The van der Waals surface area contributed by atoms with Crippen LogP contribution in [0.3, 0.4) is 0 Å². The Labute approximate surface area is 188 Å². The van der Waals surface area contributed by atoms with Gasteiger partial charge in [0, 0.05) is 17.2 Å². The molecule has 0 atom stereocenters. The molecule has 2 aromatic carbocycles. The Morgan fingerprint density at radius 3 is 2.55 bits per heavy atom. The molecule has 1 saturated heterocycles. The quantitative estimate of drug-likeness (QED) is 0.422. The topological polar surface area (TPSA) is 69.7 Å². The molecule has 2 aromatic heterocycles. The van der Waals surface area contributed by atoms with E-state index < -0.39 is 11.7 Å². The number of H-pyrrole nitrogens is 1. The summed E-state index contributed by atoms with van der Waals surface area (Å²) in [5.74, 6) is 1.57. The number of aromatic amines is 1. The van der Waals surface area contributed by atoms with Crippen LogP contribution in [0.4, 0.5) is 24.7 Å². The Balaban J connectivity index is 1.33. The Kier molecular flexibility index (Phi) is 5.49. The van der Waals surface area contributed by atoms with Gasteiger partial charge in [-0.25, -0.2) is 4.98 Å². The van der Waals surface area contributed by atoms with Crippen molar-refractivity contribution in [2.45, 2.75) is 24.9 Å². The number of rotatable bonds is 4. The van der Waals surface area contributed by atoms with Gasteiger partial charge in [0.1, 0.15) is 5.82 Å². The summed E-state index contributed by atoms with van der Waals surface area (Å²) in [6.07, 6.45) is -2.23. The fraction of sp³-hybridized carbons (Fsp3) is 0.292. The van der Waals surface area contributed by atoms with E-state index in [9.17, 15) is 13.2 Å². The minimum absolute atomic E-state index is 0.341. The molecule has 9 heteroatoms. The highest BCUT2D eigenvalue weighted by molar-refractivity contribution is 5.81. The van der Waals surface area contributed by atoms with Gasteiger partial charge in [-0.2, -0.15) is 18.3 Å². The van der Waals surface area contributed by atoms with E-state index in [2.05, 4.69) is 37.4 Å². The van der Waals surface area contributed by atoms with E-state index in [1.165, 1.54) is 6.07 Å². The zero-order valence-electron chi connectivity index (χ0n) is 18.0. The highest BCUT2D eigenvalue weighted by atomic mass is 19.4. The average molecular weight is 452 g/mol. The smallest absolute Gasteiger partial charge is 0.339 e. The number of halogens is 3. The normalized spacial score (nSPS) is 15.8. The van der Waals surface area contributed by atoms with Crippen LogP contribution >= 0.6 is 0 Å². The minimum Gasteiger partial charge on any atom is -0.339 e. The number of imidazole rings is 1. The summed E-state index contributed by atoms with van der Waals surface area (Å²) >= 11 is 0. The van der Waals surface area contributed by atoms with Crippen LogP contribution in [0.5, 0.6) is 0 Å². The summed E-state index contributed by atoms with van der Waals surface area (Å²) < 4.78 is 39.0. The third kappa shape index (κ3) is 4.68. The third-order valence-electron chi connectivity index (χ3n) is 6.04. The van der Waals surface area contributed by atoms with Crippen LogP contribution in [0, 0.1) is 0 Å². The second kappa shape index (κ2) is 8.47. The van der Waals surface area contributed by atoms with Crippen molar-refractivity contribution < 1.29 is 13.2 Å². The molecule has 1 aliphatic rings. The summed E-state index contributed by atoms with van der Waals surface area (Å²) in [5, 5.41) is 12.0. The molecule has 33 heavy (non-hydrogen) atoms. The van der Waals surface area contributed by atoms with E-state index in [0.29, 0.717) is 28.6 Å². The lowest BCUT2D eigenvalue weighted by molar-refractivity contribution is -0.137. The van der Waals surface area contributed by atoms with Gasteiger partial charge in [-0.1, -0.05) is 12.1 Å². The van der Waals surface area contributed by atoms with Gasteiger partial charge in [0.05, 0.1) is 22.3 Å². The predicted octanol–water partition coefficient (Wildman–Crippen LogP) is 5.59. The Morgan fingerprint density at radius 1 is 1.00 bits per heavy atom. The van der Waals surface area contributed by atoms with Gasteiger partial charge in [0.15, 0.2) is 5.82 Å². The molecular weight excluding hydrogens is 429 g/mol. The second-order valence-electron chi connectivity index (χ2n) is 8.44. The predicted molar refractivity (Wildman–Crippen MR) is 121 cm³/mol. The summed E-state index contributed by atoms with van der Waals surface area (Å²) in [4.78, 5) is 9.76. The summed E-state index contributed by atoms with van der Waals surface area (Å²) in [6.45, 7) is 2.14. The highest BCUT2D eigenvalue weighted by Gasteiger charge is 2.30. The van der Waals surface area contributed by atoms with Crippen LogP contribution in [0.1, 0.15) is 30.0 Å². The lowest BCUT2D eigenvalue weighted by Gasteiger charge is -2.28. The molecule has 6 nitrogen and oxygen atoms in total. The molecule has 0 radical (unpaired) electrons. The molecule has 0 spiro atoms. The zero-order valence-corrected chi connectivity index (χ0v) is 18.0. The third-order valence-corrected chi connectivity index (χ3v) is 6.04. The summed E-state index contributed by atoms with van der Waals surface area (Å²) in [5.41, 5.74) is 2.66. The fourth-order valence-corrected chi connectivity index (χ4v) is 4.15. The van der Waals surface area contributed by atoms with Crippen LogP contribution in [0.25, 0.3) is 22.4 Å². The maximum absolute atomic E-state index is 13.0. The second-order valence-corrected chi connectivity index (χ2v) is 8.44. The number of nitrogens with zero attached hydrogens (tertiary/aromatic N) is 4. The first-order valence-electron chi connectivity index (χ1n) is 10.8. The number of hydrogen-bond donors (Lipinski definition) is 2. The average Bonchev–Trinajstić information content (AvgIpc) is 3.24. The number of fused-ring (bicyclic) bond motifs is 1. The zero-order chi connectivity index (χ0) is 23.0. The molecule has 1 fully saturated rings. The number of hydrogen-bond acceptors (Lipinski definition) is 5. The van der Waals surface area contributed by atoms with Crippen LogP contribution < -0.4 is 5.32 Å². The molecule has 0 aliphatic carbocycles. The van der Waals surface area contributed by atoms with E-state index >= 15 is 0 Å². The van der Waals surface area contributed by atoms with Crippen molar-refractivity contribution in [3.05, 3.63) is 65.9 Å². The van der Waals surface area contributed by atoms with Gasteiger partial charge in [-0.15, -0.1) is 5.10 Å². The number of alkyl halides is 3. The Morgan fingerprint density at radius 2 is 1.82 bits per heavy atom. The van der Waals surface area contributed by atoms with Crippen LogP contribution in [0.2, 0.25) is 0 Å². The van der Waals surface area contributed by atoms with Crippen molar-refractivity contribution in [3.8, 4) is 11.4 Å². The maximum atomic E-state index is 13.0. The molecule has 2 N–H and O–H groups in total. The molecule has 170 valence electrons. The summed E-state index contributed by atoms with van der Waals surface area (Å²) in [6, 6.07) is 14.9. The van der Waals surface area contributed by atoms with E-state index in [0.717, 1.165) is 55.0 Å². The fourth-order valence-electron chi connectivity index (χ4n) is 4.15. The number of likely N-dealkylation sites (tertiary alicyclic amines) is 1. The van der Waals surface area contributed by atoms with E-state index in [-0.39, 0.29) is 0 Å². The highest BCUT2D eigenvalue weighted by Crippen LogP contribution is 2.32. The molecule has 5 rings (SSSR count). The molecule has 0 bridgehead atoms. The van der Waals surface area contributed by atoms with Crippen molar-refractivity contribution in [1.82, 2.24) is 25.1 Å². The minimum atomic E-state index is -4.40. The Hall–Kier alpha value is -3.46. The standard InChI is InChI=1S/C24H23F3N6/c1-33-11-9-15(10-12-33)19-7-8-22(32-31-19)28-18-4-2-3-16(13-18)23-29-20-6-5-17(24(25,26)27)14-21(20)30-23/h2-8,13-15H,9-12H2,1H3,(H,28,32)(H,29,30). The number of nitrogens with one attached hydrogen (secondary N) is 2. The van der Waals surface area contributed by atoms with E-state index in [1.54, 1.807) is 0 Å². The lowest BCUT2D eigenvalue weighted by Crippen LogP contribution is -2.29. The first kappa shape index (κ1) is 21.4. The van der Waals surface area contributed by atoms with Crippen molar-refractivity contribution in [2.75, 3.05) is 25.5 Å². The van der Waals surface area contributed by atoms with Crippen molar-refractivity contribution in [3.63, 3.8) is 0 Å². The SMILES string of the molecule is CN1CCC(c2ccc(Nc3cccc(-c4nc5ccc(C(F)(F)F)cc5[nH]4)c3)nn2)CC1. The molecule has 4 aromatic rings. The number of benzene rings is 2. The molecule has 0 amide bonds. The van der Waals surface area contributed by atoms with Gasteiger partial charge < -0.3 is 15.2 Å². The van der Waals surface area contributed by atoms with Crippen molar-refractivity contribution in [2.24, 2.45) is 0 Å². The molecule has 0 unspecified atom stereocenters. The van der Waals surface area contributed by atoms with Gasteiger partial charge >= 0.3 is 6.18 Å². The summed E-state index contributed by atoms with van der Waals surface area (Å²) in [7, 11) is 2.13. The first-order chi connectivity index (χ1) is 15.8. The van der Waals surface area contributed by atoms with Gasteiger partial charge in [0.25, 0.3) is 0 Å². The van der Waals surface area contributed by atoms with Crippen molar-refractivity contribution in [1.29, 1.82) is 0 Å². The molecule has 3 heterocycles. The molecule has 0 saturated carbocycles. The number of anilines is 2. The largest absolute Gasteiger partial charge is 0.416 e. The Bertz CT molecular complexity index is 1260. The number of piperidine rings is 1. The van der Waals surface area contributed by atoms with Crippen LogP contribution in [-0.2, 0) is 6.18 Å². The van der Waals surface area contributed by atoms with Gasteiger partial charge in [0.2, 0.25) is 0 Å². The van der Waals surface area contributed by atoms with Crippen LogP contribution in [0.15, 0.2) is 54.6 Å². The molecular formula is C24H23F3N6. The van der Waals surface area contributed by atoms with Crippen molar-refractivity contribution >= 4 is 22.5 Å². The first-order valence-corrected chi connectivity index (χ1v) is 10.8. The van der Waals surface area contributed by atoms with E-state index in [4.69, 9.17) is 0 Å². The maximum Gasteiger partial charge on any atom is 0.416 e. The monoisotopic (exact) mass is 452 g/mol. The van der Waals surface area contributed by atoms with Crippen LogP contribution in [-0.4, -0.2) is 45.2 Å². The van der Waals surface area contributed by atoms with E-state index in [1.807, 2.05) is 36.4 Å². The molecule has 1 aliphatic heterocycles. The number of aromatic nitrogens is 4. The van der Waals surface area contributed by atoms with Gasteiger partial charge in [-0.3, -0.25) is 0 Å². The lowest BCUT2D eigenvalue weighted by atomic mass is 9.94.